The Labute approximate surface area is 195 Å². The molecule has 5 aliphatic rings. The van der Waals surface area contributed by atoms with Gasteiger partial charge in [-0.3, -0.25) is 4.90 Å². The number of amides is 1. The van der Waals surface area contributed by atoms with Crippen molar-refractivity contribution in [1.82, 2.24) is 10.2 Å². The van der Waals surface area contributed by atoms with Crippen LogP contribution in [0.4, 0.5) is 4.79 Å². The summed E-state index contributed by atoms with van der Waals surface area (Å²) in [6.45, 7) is 3.44. The third-order valence-corrected chi connectivity index (χ3v) is 8.15. The Morgan fingerprint density at radius 3 is 2.52 bits per heavy atom. The van der Waals surface area contributed by atoms with Crippen LogP contribution < -0.4 is 10.1 Å². The monoisotopic (exact) mass is 448 g/mol. The molecule has 33 heavy (non-hydrogen) atoms. The zero-order valence-corrected chi connectivity index (χ0v) is 19.2. The molecule has 1 N–H and O–H groups in total. The molecule has 3 aliphatic heterocycles. The topological polar surface area (TPSA) is 60.0 Å². The maximum atomic E-state index is 12.9. The predicted octanol–water partition coefficient (Wildman–Crippen LogP) is 4.53. The maximum absolute atomic E-state index is 12.9. The molecule has 2 aromatic carbocycles. The lowest BCUT2D eigenvalue weighted by Gasteiger charge is -2.44. The smallest absolute Gasteiger partial charge is 0.407 e. The fourth-order valence-corrected chi connectivity index (χ4v) is 6.09. The first-order valence-corrected chi connectivity index (χ1v) is 12.2. The van der Waals surface area contributed by atoms with Gasteiger partial charge in [-0.15, -0.1) is 0 Å². The second-order valence-corrected chi connectivity index (χ2v) is 10.2. The van der Waals surface area contributed by atoms with E-state index in [9.17, 15) is 4.79 Å². The summed E-state index contributed by atoms with van der Waals surface area (Å²) in [5.74, 6) is 1.32. The second-order valence-electron chi connectivity index (χ2n) is 10.2. The third kappa shape index (κ3) is 4.00. The fraction of sp³-hybridized carbons (Fsp3) is 0.519. The molecule has 3 saturated heterocycles. The largest absolute Gasteiger partial charge is 0.468 e. The van der Waals surface area contributed by atoms with Crippen LogP contribution in [0.2, 0.25) is 0 Å². The van der Waals surface area contributed by atoms with Crippen molar-refractivity contribution in [3.05, 3.63) is 53.6 Å². The number of hydrogen-bond donors (Lipinski definition) is 1. The van der Waals surface area contributed by atoms with Gasteiger partial charge in [-0.25, -0.2) is 4.79 Å². The van der Waals surface area contributed by atoms with Gasteiger partial charge in [-0.2, -0.15) is 0 Å². The average Bonchev–Trinajstić information content (AvgIpc) is 3.56. The van der Waals surface area contributed by atoms with Crippen LogP contribution in [0.25, 0.3) is 11.1 Å². The fourth-order valence-electron chi connectivity index (χ4n) is 6.09. The number of rotatable bonds is 6. The summed E-state index contributed by atoms with van der Waals surface area (Å²) in [6.07, 6.45) is 5.44. The number of piperidine rings is 3. The molecule has 1 amide bonds. The molecule has 7 rings (SSSR count). The first kappa shape index (κ1) is 21.0. The molecule has 0 aromatic heterocycles. The van der Waals surface area contributed by atoms with Crippen molar-refractivity contribution >= 4 is 6.09 Å². The summed E-state index contributed by atoms with van der Waals surface area (Å²) in [7, 11) is 1.62. The quantitative estimate of drug-likeness (QED) is 0.658. The second kappa shape index (κ2) is 8.33. The van der Waals surface area contributed by atoms with E-state index >= 15 is 0 Å². The summed E-state index contributed by atoms with van der Waals surface area (Å²) >= 11 is 0. The van der Waals surface area contributed by atoms with Crippen molar-refractivity contribution < 1.29 is 19.0 Å². The highest BCUT2D eigenvalue weighted by molar-refractivity contribution is 5.71. The molecule has 6 heteroatoms. The summed E-state index contributed by atoms with van der Waals surface area (Å²) in [5.41, 5.74) is 5.12. The van der Waals surface area contributed by atoms with E-state index in [1.165, 1.54) is 16.7 Å². The minimum atomic E-state index is -0.242. The van der Waals surface area contributed by atoms with Crippen LogP contribution in [0.5, 0.6) is 5.75 Å². The Morgan fingerprint density at radius 2 is 1.85 bits per heavy atom. The molecular weight excluding hydrogens is 416 g/mol. The van der Waals surface area contributed by atoms with Crippen molar-refractivity contribution in [2.24, 2.45) is 11.3 Å². The number of methoxy groups -OCH3 is 1. The standard InChI is InChI=1S/C27H32N2O4/c1-31-17-32-22-5-2-18(3-6-22)20-4-7-23-21(14-20)15-27(10-11-27)25(23)28-26(30)33-24-16-29-12-8-19(24)9-13-29/h2-7,14,19,24-25H,8-13,15-17H2,1H3,(H,28,30)/t24-,25?/m0/s1. The molecule has 2 aromatic rings. The van der Waals surface area contributed by atoms with E-state index in [0.29, 0.717) is 5.92 Å². The maximum Gasteiger partial charge on any atom is 0.407 e. The number of hydrogen-bond acceptors (Lipinski definition) is 5. The zero-order valence-electron chi connectivity index (χ0n) is 19.2. The molecule has 1 spiro atoms. The van der Waals surface area contributed by atoms with Crippen LogP contribution >= 0.6 is 0 Å². The Balaban J connectivity index is 1.16. The van der Waals surface area contributed by atoms with Crippen LogP contribution in [-0.2, 0) is 15.9 Å². The van der Waals surface area contributed by atoms with E-state index in [1.807, 2.05) is 12.1 Å². The molecule has 2 aliphatic carbocycles. The Bertz CT molecular complexity index is 1020. The molecule has 1 unspecified atom stereocenters. The molecule has 1 saturated carbocycles. The third-order valence-electron chi connectivity index (χ3n) is 8.15. The van der Waals surface area contributed by atoms with Crippen molar-refractivity contribution in [3.8, 4) is 16.9 Å². The predicted molar refractivity (Wildman–Crippen MR) is 125 cm³/mol. The van der Waals surface area contributed by atoms with Crippen molar-refractivity contribution in [1.29, 1.82) is 0 Å². The van der Waals surface area contributed by atoms with Gasteiger partial charge >= 0.3 is 6.09 Å². The van der Waals surface area contributed by atoms with Crippen molar-refractivity contribution in [2.45, 2.75) is 44.2 Å². The lowest BCUT2D eigenvalue weighted by molar-refractivity contribution is -0.0344. The van der Waals surface area contributed by atoms with Crippen molar-refractivity contribution in [2.75, 3.05) is 33.5 Å². The number of carbonyl (C=O) groups excluding carboxylic acids is 1. The summed E-state index contributed by atoms with van der Waals surface area (Å²) in [4.78, 5) is 15.3. The summed E-state index contributed by atoms with van der Waals surface area (Å²) < 4.78 is 16.4. The first-order valence-electron chi connectivity index (χ1n) is 12.2. The van der Waals surface area contributed by atoms with Gasteiger partial charge in [0.2, 0.25) is 0 Å². The molecule has 2 bridgehead atoms. The van der Waals surface area contributed by atoms with E-state index in [1.54, 1.807) is 7.11 Å². The van der Waals surface area contributed by atoms with Gasteiger partial charge in [-0.05, 0) is 90.9 Å². The van der Waals surface area contributed by atoms with Crippen LogP contribution in [0.1, 0.15) is 42.9 Å². The van der Waals surface area contributed by atoms with Crippen LogP contribution in [-0.4, -0.2) is 50.6 Å². The summed E-state index contributed by atoms with van der Waals surface area (Å²) in [5, 5.41) is 3.27. The number of nitrogens with one attached hydrogen (secondary N) is 1. The van der Waals surface area contributed by atoms with Gasteiger partial charge in [-0.1, -0.05) is 30.3 Å². The normalized spacial score (nSPS) is 28.4. The molecule has 174 valence electrons. The average molecular weight is 449 g/mol. The lowest BCUT2D eigenvalue weighted by atomic mass is 9.86. The molecule has 4 fully saturated rings. The van der Waals surface area contributed by atoms with E-state index in [0.717, 1.165) is 63.1 Å². The van der Waals surface area contributed by atoms with E-state index < -0.39 is 0 Å². The Kier molecular flexibility index (Phi) is 5.30. The van der Waals surface area contributed by atoms with Gasteiger partial charge in [0, 0.05) is 13.7 Å². The van der Waals surface area contributed by atoms with Gasteiger partial charge < -0.3 is 19.5 Å². The van der Waals surface area contributed by atoms with E-state index in [2.05, 4.69) is 40.5 Å². The molecule has 6 nitrogen and oxygen atoms in total. The number of ether oxygens (including phenoxy) is 3. The van der Waals surface area contributed by atoms with Crippen molar-refractivity contribution in [3.63, 3.8) is 0 Å². The Hall–Kier alpha value is -2.57. The van der Waals surface area contributed by atoms with Crippen LogP contribution in [0, 0.1) is 11.3 Å². The van der Waals surface area contributed by atoms with Crippen LogP contribution in [0.3, 0.4) is 0 Å². The first-order chi connectivity index (χ1) is 16.1. The number of carbonyl (C=O) groups is 1. The number of benzene rings is 2. The van der Waals surface area contributed by atoms with E-state index in [-0.39, 0.29) is 30.4 Å². The van der Waals surface area contributed by atoms with Gasteiger partial charge in [0.1, 0.15) is 11.9 Å². The van der Waals surface area contributed by atoms with Crippen LogP contribution in [0.15, 0.2) is 42.5 Å². The lowest BCUT2D eigenvalue weighted by Crippen LogP contribution is -2.52. The minimum Gasteiger partial charge on any atom is -0.468 e. The number of nitrogens with zero attached hydrogens (tertiary/aromatic N) is 1. The number of fused-ring (bicyclic) bond motifs is 4. The highest BCUT2D eigenvalue weighted by Gasteiger charge is 2.55. The van der Waals surface area contributed by atoms with Gasteiger partial charge in [0.15, 0.2) is 6.79 Å². The highest BCUT2D eigenvalue weighted by Crippen LogP contribution is 2.62. The minimum absolute atomic E-state index is 0.0433. The SMILES string of the molecule is COCOc1ccc(-c2ccc3c(c2)CC2(CC2)C3NC(=O)O[C@H]2CN3CCC2CC3)cc1. The number of alkyl carbamates (subject to hydrolysis) is 1. The zero-order chi connectivity index (χ0) is 22.4. The molecule has 3 heterocycles. The summed E-state index contributed by atoms with van der Waals surface area (Å²) in [6, 6.07) is 14.8. The molecule has 0 radical (unpaired) electrons. The molecule has 2 atom stereocenters. The van der Waals surface area contributed by atoms with Gasteiger partial charge in [0.25, 0.3) is 0 Å². The van der Waals surface area contributed by atoms with Gasteiger partial charge in [0.05, 0.1) is 6.04 Å². The molecular formula is C27H32N2O4. The Morgan fingerprint density at radius 1 is 1.09 bits per heavy atom. The van der Waals surface area contributed by atoms with E-state index in [4.69, 9.17) is 14.2 Å². The highest BCUT2D eigenvalue weighted by atomic mass is 16.7.